The van der Waals surface area contributed by atoms with E-state index in [1.54, 1.807) is 0 Å². The van der Waals surface area contributed by atoms with Crippen molar-refractivity contribution in [3.8, 4) is 0 Å². The van der Waals surface area contributed by atoms with Gasteiger partial charge in [0, 0.05) is 1.43 Å². The summed E-state index contributed by atoms with van der Waals surface area (Å²) in [6.45, 7) is 9.79. The first kappa shape index (κ1) is 13.5. The molecule has 1 aliphatic heterocycles. The SMILES string of the molecule is C1CNC1.CC.CCCNC.[HH]. The standard InChI is InChI=1S/C4H11N.C3H7N.C2H6.H2/c1-3-4-5-2;1-2-4-3-1;1-2;/h5H,3-4H2,1-2H3;4H,1-3H2;1-2H3;1H. The molecule has 72 valence electrons. The Hall–Kier alpha value is -0.0800. The maximum atomic E-state index is 3.11. The maximum absolute atomic E-state index is 3.11. The summed E-state index contributed by atoms with van der Waals surface area (Å²) in [4.78, 5) is 0. The largest absolute Gasteiger partial charge is 0.320 e. The summed E-state index contributed by atoms with van der Waals surface area (Å²) in [7, 11) is 1.96. The van der Waals surface area contributed by atoms with E-state index in [1.807, 2.05) is 20.9 Å². The van der Waals surface area contributed by atoms with E-state index in [1.165, 1.54) is 25.9 Å². The first-order chi connectivity index (χ1) is 5.41. The summed E-state index contributed by atoms with van der Waals surface area (Å²) in [6, 6.07) is 0. The lowest BCUT2D eigenvalue weighted by Crippen LogP contribution is -2.29. The number of nitrogens with one attached hydrogen (secondary N) is 2. The lowest BCUT2D eigenvalue weighted by molar-refractivity contribution is 0.527. The molecule has 1 saturated heterocycles. The van der Waals surface area contributed by atoms with Crippen LogP contribution in [0.25, 0.3) is 0 Å². The third kappa shape index (κ3) is 17.8. The summed E-state index contributed by atoms with van der Waals surface area (Å²) >= 11 is 0. The van der Waals surface area contributed by atoms with Gasteiger partial charge in [-0.3, -0.25) is 0 Å². The molecule has 0 atom stereocenters. The second-order valence-electron chi connectivity index (χ2n) is 2.21. The van der Waals surface area contributed by atoms with Gasteiger partial charge < -0.3 is 10.6 Å². The highest BCUT2D eigenvalue weighted by Gasteiger charge is 1.92. The summed E-state index contributed by atoms with van der Waals surface area (Å²) in [5, 5.41) is 6.13. The molecule has 1 fully saturated rings. The lowest BCUT2D eigenvalue weighted by Gasteiger charge is -2.09. The second-order valence-corrected chi connectivity index (χ2v) is 2.21. The van der Waals surface area contributed by atoms with Crippen LogP contribution in [0.3, 0.4) is 0 Å². The third-order valence-electron chi connectivity index (χ3n) is 1.21. The average molecular weight is 162 g/mol. The third-order valence-corrected chi connectivity index (χ3v) is 1.21. The van der Waals surface area contributed by atoms with Crippen molar-refractivity contribution < 1.29 is 1.43 Å². The van der Waals surface area contributed by atoms with Crippen LogP contribution in [-0.4, -0.2) is 26.7 Å². The molecule has 11 heavy (non-hydrogen) atoms. The molecule has 0 aromatic heterocycles. The summed E-state index contributed by atoms with van der Waals surface area (Å²) in [5.74, 6) is 0. The number of hydrogen-bond donors (Lipinski definition) is 2. The van der Waals surface area contributed by atoms with Crippen LogP contribution < -0.4 is 10.6 Å². The molecule has 0 aromatic carbocycles. The summed E-state index contributed by atoms with van der Waals surface area (Å²) < 4.78 is 0. The van der Waals surface area contributed by atoms with Gasteiger partial charge in [0.05, 0.1) is 0 Å². The second kappa shape index (κ2) is 16.5. The Balaban J connectivity index is -0.000000105. The highest BCUT2D eigenvalue weighted by Crippen LogP contribution is 1.80. The lowest BCUT2D eigenvalue weighted by atomic mass is 10.3. The fourth-order valence-electron chi connectivity index (χ4n) is 0.427. The molecule has 0 aromatic rings. The Labute approximate surface area is 73.2 Å². The molecule has 1 heterocycles. The first-order valence-electron chi connectivity index (χ1n) is 4.77. The Morgan fingerprint density at radius 2 is 1.73 bits per heavy atom. The van der Waals surface area contributed by atoms with Crippen LogP contribution in [0.5, 0.6) is 0 Å². The van der Waals surface area contributed by atoms with Gasteiger partial charge in [0.1, 0.15) is 0 Å². The van der Waals surface area contributed by atoms with Gasteiger partial charge in [0.15, 0.2) is 0 Å². The van der Waals surface area contributed by atoms with Gasteiger partial charge in [0.2, 0.25) is 0 Å². The van der Waals surface area contributed by atoms with E-state index < -0.39 is 0 Å². The molecule has 2 nitrogen and oxygen atoms in total. The van der Waals surface area contributed by atoms with E-state index in [4.69, 9.17) is 0 Å². The number of rotatable bonds is 2. The fourth-order valence-corrected chi connectivity index (χ4v) is 0.427. The van der Waals surface area contributed by atoms with E-state index in [0.717, 1.165) is 6.54 Å². The van der Waals surface area contributed by atoms with Crippen molar-refractivity contribution in [2.24, 2.45) is 0 Å². The van der Waals surface area contributed by atoms with Crippen molar-refractivity contribution in [1.29, 1.82) is 0 Å². The molecule has 2 N–H and O–H groups in total. The van der Waals surface area contributed by atoms with Crippen molar-refractivity contribution in [1.82, 2.24) is 10.6 Å². The zero-order valence-electron chi connectivity index (χ0n) is 8.54. The number of hydrogen-bond acceptors (Lipinski definition) is 2. The van der Waals surface area contributed by atoms with Crippen molar-refractivity contribution in [3.05, 3.63) is 0 Å². The molecule has 0 spiro atoms. The highest BCUT2D eigenvalue weighted by atomic mass is 14.9. The van der Waals surface area contributed by atoms with E-state index >= 15 is 0 Å². The molecule has 0 amide bonds. The quantitative estimate of drug-likeness (QED) is 0.648. The Morgan fingerprint density at radius 1 is 1.36 bits per heavy atom. The van der Waals surface area contributed by atoms with E-state index in [0.29, 0.717) is 0 Å². The van der Waals surface area contributed by atoms with Gasteiger partial charge in [-0.2, -0.15) is 0 Å². The zero-order valence-corrected chi connectivity index (χ0v) is 8.54. The van der Waals surface area contributed by atoms with Crippen LogP contribution in [0, 0.1) is 0 Å². The Kier molecular flexibility index (Phi) is 20.2. The van der Waals surface area contributed by atoms with E-state index in [-0.39, 0.29) is 1.43 Å². The first-order valence-corrected chi connectivity index (χ1v) is 4.77. The Bertz CT molecular complexity index is 41.8. The topological polar surface area (TPSA) is 24.1 Å². The fraction of sp³-hybridized carbons (Fsp3) is 1.00. The van der Waals surface area contributed by atoms with Crippen molar-refractivity contribution >= 4 is 0 Å². The minimum Gasteiger partial charge on any atom is -0.320 e. The zero-order chi connectivity index (χ0) is 8.95. The molecule has 2 heteroatoms. The minimum atomic E-state index is 0. The molecular weight excluding hydrogens is 136 g/mol. The Morgan fingerprint density at radius 3 is 1.73 bits per heavy atom. The van der Waals surface area contributed by atoms with Gasteiger partial charge >= 0.3 is 0 Å². The predicted octanol–water partition coefficient (Wildman–Crippen LogP) is 1.87. The van der Waals surface area contributed by atoms with Gasteiger partial charge in [-0.05, 0) is 39.5 Å². The molecule has 0 aliphatic carbocycles. The average Bonchev–Trinajstić information content (AvgIpc) is 1.90. The van der Waals surface area contributed by atoms with Crippen molar-refractivity contribution in [2.75, 3.05) is 26.7 Å². The molecular formula is C9H26N2. The van der Waals surface area contributed by atoms with Gasteiger partial charge in [-0.15, -0.1) is 0 Å². The van der Waals surface area contributed by atoms with Crippen molar-refractivity contribution in [2.45, 2.75) is 33.6 Å². The van der Waals surface area contributed by atoms with Crippen LogP contribution in [0.15, 0.2) is 0 Å². The normalized spacial score (nSPS) is 13.1. The van der Waals surface area contributed by atoms with Crippen LogP contribution in [0.4, 0.5) is 0 Å². The van der Waals surface area contributed by atoms with Gasteiger partial charge in [-0.1, -0.05) is 20.8 Å². The molecule has 0 unspecified atom stereocenters. The van der Waals surface area contributed by atoms with E-state index in [2.05, 4.69) is 17.6 Å². The summed E-state index contributed by atoms with van der Waals surface area (Å²) in [6.07, 6.45) is 2.62. The van der Waals surface area contributed by atoms with Crippen molar-refractivity contribution in [3.63, 3.8) is 0 Å². The van der Waals surface area contributed by atoms with Crippen LogP contribution in [0.2, 0.25) is 0 Å². The maximum Gasteiger partial charge on any atom is 0 e. The van der Waals surface area contributed by atoms with Crippen LogP contribution >= 0.6 is 0 Å². The monoisotopic (exact) mass is 162 g/mol. The van der Waals surface area contributed by atoms with Crippen LogP contribution in [0.1, 0.15) is 35.0 Å². The molecule has 0 bridgehead atoms. The highest BCUT2D eigenvalue weighted by molar-refractivity contribution is 4.56. The van der Waals surface area contributed by atoms with Gasteiger partial charge in [0.25, 0.3) is 0 Å². The van der Waals surface area contributed by atoms with Gasteiger partial charge in [-0.25, -0.2) is 0 Å². The predicted molar refractivity (Wildman–Crippen MR) is 55.2 cm³/mol. The van der Waals surface area contributed by atoms with E-state index in [9.17, 15) is 0 Å². The minimum absolute atomic E-state index is 0. The van der Waals surface area contributed by atoms with Crippen LogP contribution in [-0.2, 0) is 0 Å². The molecule has 1 aliphatic rings. The molecule has 0 radical (unpaired) electrons. The molecule has 1 rings (SSSR count). The smallest absolute Gasteiger partial charge is 0 e. The summed E-state index contributed by atoms with van der Waals surface area (Å²) in [5.41, 5.74) is 0. The molecule has 0 saturated carbocycles.